The molecule has 4 saturated carbocycles. The van der Waals surface area contributed by atoms with Gasteiger partial charge in [-0.1, -0.05) is 60.5 Å². The highest BCUT2D eigenvalue weighted by molar-refractivity contribution is 5.87. The number of esters is 1. The smallest absolute Gasteiger partial charge is 0.331 e. The first-order valence-electron chi connectivity index (χ1n) is 17.8. The van der Waals surface area contributed by atoms with Gasteiger partial charge in [0.05, 0.1) is 7.11 Å². The number of hydrogen-bond donors (Lipinski definition) is 1. The second-order valence-electron chi connectivity index (χ2n) is 16.0. The van der Waals surface area contributed by atoms with E-state index in [1.165, 1.54) is 77.4 Å². The monoisotopic (exact) mass is 592 g/mol. The van der Waals surface area contributed by atoms with E-state index in [1.807, 2.05) is 0 Å². The number of aromatic hydroxyl groups is 1. The van der Waals surface area contributed by atoms with Gasteiger partial charge < -0.3 is 14.6 Å². The molecule has 4 nitrogen and oxygen atoms in total. The van der Waals surface area contributed by atoms with Crippen molar-refractivity contribution in [3.05, 3.63) is 29.8 Å². The fourth-order valence-corrected chi connectivity index (χ4v) is 11.2. The van der Waals surface area contributed by atoms with Crippen LogP contribution in [-0.4, -0.2) is 24.3 Å². The molecule has 240 valence electrons. The third-order valence-electron chi connectivity index (χ3n) is 13.7. The van der Waals surface area contributed by atoms with Gasteiger partial charge in [-0.2, -0.15) is 0 Å². The van der Waals surface area contributed by atoms with Crippen LogP contribution in [0.5, 0.6) is 11.5 Å². The van der Waals surface area contributed by atoms with Crippen LogP contribution in [0.2, 0.25) is 0 Å². The van der Waals surface area contributed by atoms with Crippen molar-refractivity contribution in [2.45, 2.75) is 125 Å². The number of carbonyl (C=O) groups excluding carboxylic acids is 1. The van der Waals surface area contributed by atoms with Crippen LogP contribution in [-0.2, 0) is 9.53 Å². The minimum absolute atomic E-state index is 0.0180. The molecule has 0 heterocycles. The van der Waals surface area contributed by atoms with Crippen LogP contribution in [0, 0.1) is 58.2 Å². The Kier molecular flexibility index (Phi) is 9.94. The van der Waals surface area contributed by atoms with Crippen molar-refractivity contribution in [2.24, 2.45) is 58.2 Å². The summed E-state index contributed by atoms with van der Waals surface area (Å²) < 4.78 is 11.2. The normalized spacial score (nSPS) is 36.9. The molecule has 0 spiro atoms. The highest BCUT2D eigenvalue weighted by atomic mass is 16.5. The Morgan fingerprint density at radius 2 is 1.74 bits per heavy atom. The van der Waals surface area contributed by atoms with E-state index < -0.39 is 0 Å². The number of carbonyl (C=O) groups is 1. The summed E-state index contributed by atoms with van der Waals surface area (Å²) in [7, 11) is 1.52. The van der Waals surface area contributed by atoms with Crippen LogP contribution < -0.4 is 4.74 Å². The lowest BCUT2D eigenvalue weighted by Gasteiger charge is -2.61. The van der Waals surface area contributed by atoms with E-state index >= 15 is 0 Å². The van der Waals surface area contributed by atoms with Gasteiger partial charge in [0, 0.05) is 6.08 Å². The number of benzene rings is 1. The molecular weight excluding hydrogens is 532 g/mol. The van der Waals surface area contributed by atoms with Gasteiger partial charge in [0.15, 0.2) is 11.5 Å². The van der Waals surface area contributed by atoms with Crippen LogP contribution in [0.25, 0.3) is 6.08 Å². The van der Waals surface area contributed by atoms with Crippen LogP contribution in [0.3, 0.4) is 0 Å². The standard InChI is InChI=1S/C39H60O4/c1-8-28(25(2)3)12-9-26(4)32-15-16-33-31-14-13-29-24-30(19-21-38(29,5)34(31)20-22-39(32,33)6)43-37(41)18-11-27-10-17-35(40)36(23-27)42-7/h10-11,17-18,23,25-26,28-34,40H,8-9,12-16,19-22,24H2,1-7H3/t26-,28-,29+,30-,31-,32+,33+,34?,38-,39-/m1/s1. The van der Waals surface area contributed by atoms with Crippen molar-refractivity contribution in [3.8, 4) is 11.5 Å². The molecule has 43 heavy (non-hydrogen) atoms. The largest absolute Gasteiger partial charge is 0.504 e. The molecule has 1 N–H and O–H groups in total. The Morgan fingerprint density at radius 1 is 1.00 bits per heavy atom. The van der Waals surface area contributed by atoms with Crippen molar-refractivity contribution in [3.63, 3.8) is 0 Å². The van der Waals surface area contributed by atoms with Gasteiger partial charge in [0.1, 0.15) is 6.10 Å². The molecule has 4 aliphatic rings. The fraction of sp³-hybridized carbons (Fsp3) is 0.769. The van der Waals surface area contributed by atoms with Gasteiger partial charge in [-0.3, -0.25) is 0 Å². The van der Waals surface area contributed by atoms with Crippen molar-refractivity contribution >= 4 is 12.0 Å². The van der Waals surface area contributed by atoms with Gasteiger partial charge in [-0.25, -0.2) is 4.79 Å². The molecule has 4 aliphatic carbocycles. The lowest BCUT2D eigenvalue weighted by atomic mass is 9.44. The maximum atomic E-state index is 12.8. The minimum Gasteiger partial charge on any atom is -0.504 e. The average Bonchev–Trinajstić information content (AvgIpc) is 3.34. The summed E-state index contributed by atoms with van der Waals surface area (Å²) in [6.07, 6.45) is 19.0. The predicted octanol–water partition coefficient (Wildman–Crippen LogP) is 10.1. The first-order chi connectivity index (χ1) is 20.5. The number of ether oxygens (including phenoxy) is 2. The van der Waals surface area contributed by atoms with Crippen molar-refractivity contribution in [2.75, 3.05) is 7.11 Å². The van der Waals surface area contributed by atoms with Crippen LogP contribution in [0.15, 0.2) is 24.3 Å². The predicted molar refractivity (Wildman–Crippen MR) is 176 cm³/mol. The van der Waals surface area contributed by atoms with E-state index in [-0.39, 0.29) is 17.8 Å². The highest BCUT2D eigenvalue weighted by Crippen LogP contribution is 2.68. The summed E-state index contributed by atoms with van der Waals surface area (Å²) in [5.41, 5.74) is 1.72. The molecule has 1 aromatic rings. The molecule has 10 atom stereocenters. The summed E-state index contributed by atoms with van der Waals surface area (Å²) >= 11 is 0. The van der Waals surface area contributed by atoms with E-state index in [2.05, 4.69) is 41.5 Å². The SMILES string of the molecule is CC[C@H](CC[C@@H](C)[C@@H]1CC[C@H]2[C@H]3CC[C@H]4C[C@H](OC(=O)C=Cc5ccc(O)c(OC)c5)CC[C@@]4(C)C3CC[C@]12C)C(C)C. The summed E-state index contributed by atoms with van der Waals surface area (Å²) in [5.74, 6) is 6.95. The topological polar surface area (TPSA) is 55.8 Å². The van der Waals surface area contributed by atoms with Crippen LogP contribution >= 0.6 is 0 Å². The van der Waals surface area contributed by atoms with Gasteiger partial charge >= 0.3 is 5.97 Å². The Hall–Kier alpha value is -1.97. The summed E-state index contributed by atoms with van der Waals surface area (Å²) in [6.45, 7) is 15.1. The average molecular weight is 593 g/mol. The Bertz CT molecular complexity index is 1140. The molecule has 4 fully saturated rings. The Labute approximate surface area is 262 Å². The molecule has 1 aromatic carbocycles. The van der Waals surface area contributed by atoms with Gasteiger partial charge in [-0.15, -0.1) is 0 Å². The van der Waals surface area contributed by atoms with Gasteiger partial charge in [0.2, 0.25) is 0 Å². The number of phenolic OH excluding ortho intramolecular Hbond substituents is 1. The maximum absolute atomic E-state index is 12.8. The van der Waals surface area contributed by atoms with E-state index in [0.717, 1.165) is 59.8 Å². The Balaban J connectivity index is 1.17. The molecule has 0 aliphatic heterocycles. The number of methoxy groups -OCH3 is 1. The third-order valence-corrected chi connectivity index (χ3v) is 13.7. The number of phenols is 1. The zero-order chi connectivity index (χ0) is 30.9. The molecule has 0 saturated heterocycles. The van der Waals surface area contributed by atoms with Crippen molar-refractivity contribution < 1.29 is 19.4 Å². The van der Waals surface area contributed by atoms with E-state index in [9.17, 15) is 9.90 Å². The minimum atomic E-state index is -0.271. The molecule has 0 bridgehead atoms. The molecule has 4 heteroatoms. The highest BCUT2D eigenvalue weighted by Gasteiger charge is 2.60. The van der Waals surface area contributed by atoms with E-state index in [1.54, 1.807) is 24.3 Å². The third kappa shape index (κ3) is 6.41. The molecule has 0 aromatic heterocycles. The lowest BCUT2D eigenvalue weighted by molar-refractivity contribution is -0.157. The van der Waals surface area contributed by atoms with E-state index in [0.29, 0.717) is 22.5 Å². The second-order valence-corrected chi connectivity index (χ2v) is 16.0. The Morgan fingerprint density at radius 3 is 2.47 bits per heavy atom. The summed E-state index contributed by atoms with van der Waals surface area (Å²) in [5, 5.41) is 9.83. The number of hydrogen-bond acceptors (Lipinski definition) is 4. The van der Waals surface area contributed by atoms with E-state index in [4.69, 9.17) is 9.47 Å². The molecule has 5 rings (SSSR count). The summed E-state index contributed by atoms with van der Waals surface area (Å²) in [6, 6.07) is 5.07. The second kappa shape index (κ2) is 13.2. The first kappa shape index (κ1) is 32.4. The maximum Gasteiger partial charge on any atom is 0.331 e. The number of fused-ring (bicyclic) bond motifs is 5. The molecule has 0 amide bonds. The fourth-order valence-electron chi connectivity index (χ4n) is 11.2. The van der Waals surface area contributed by atoms with Crippen molar-refractivity contribution in [1.29, 1.82) is 0 Å². The van der Waals surface area contributed by atoms with Crippen molar-refractivity contribution in [1.82, 2.24) is 0 Å². The zero-order valence-corrected chi connectivity index (χ0v) is 28.2. The molecular formula is C39H60O4. The number of rotatable bonds is 10. The molecule has 1 unspecified atom stereocenters. The first-order valence-corrected chi connectivity index (χ1v) is 17.8. The van der Waals surface area contributed by atoms with Crippen LogP contribution in [0.1, 0.15) is 124 Å². The van der Waals surface area contributed by atoms with Gasteiger partial charge in [0.25, 0.3) is 0 Å². The van der Waals surface area contributed by atoms with Gasteiger partial charge in [-0.05, 0) is 146 Å². The molecule has 0 radical (unpaired) electrons. The summed E-state index contributed by atoms with van der Waals surface area (Å²) in [4.78, 5) is 12.8. The van der Waals surface area contributed by atoms with Crippen LogP contribution in [0.4, 0.5) is 0 Å². The quantitative estimate of drug-likeness (QED) is 0.217. The zero-order valence-electron chi connectivity index (χ0n) is 28.2. The lowest BCUT2D eigenvalue weighted by Crippen LogP contribution is -2.54.